The van der Waals surface area contributed by atoms with Crippen molar-refractivity contribution in [2.24, 2.45) is 0 Å². The molecule has 5 aromatic rings. The first-order valence-electron chi connectivity index (χ1n) is 11.3. The Morgan fingerprint density at radius 1 is 0.946 bits per heavy atom. The number of hydrogen-bond acceptors (Lipinski definition) is 3. The van der Waals surface area contributed by atoms with Crippen LogP contribution in [0, 0.1) is 6.92 Å². The summed E-state index contributed by atoms with van der Waals surface area (Å²) in [4.78, 5) is 20.5. The summed E-state index contributed by atoms with van der Waals surface area (Å²) in [5.41, 5.74) is 4.13. The Hall–Kier alpha value is -4.30. The summed E-state index contributed by atoms with van der Waals surface area (Å²) in [6, 6.07) is 20.8. The summed E-state index contributed by atoms with van der Waals surface area (Å²) < 4.78 is 39.2. The van der Waals surface area contributed by atoms with Crippen LogP contribution in [0.4, 0.5) is 30.2 Å². The number of nitrogens with zero attached hydrogens (tertiary/aromatic N) is 1. The number of hydrogen-bond donors (Lipinski definition) is 3. The van der Waals surface area contributed by atoms with Crippen LogP contribution >= 0.6 is 11.6 Å². The summed E-state index contributed by atoms with van der Waals surface area (Å²) in [5.74, 6) is -0.638. The molecule has 0 aliphatic rings. The van der Waals surface area contributed by atoms with Gasteiger partial charge in [0, 0.05) is 39.1 Å². The maximum Gasteiger partial charge on any atom is 0.416 e. The van der Waals surface area contributed by atoms with Crippen LogP contribution in [0.3, 0.4) is 0 Å². The van der Waals surface area contributed by atoms with Crippen molar-refractivity contribution in [1.82, 2.24) is 9.97 Å². The molecule has 0 unspecified atom stereocenters. The highest BCUT2D eigenvalue weighted by molar-refractivity contribution is 6.30. The first-order valence-corrected chi connectivity index (χ1v) is 11.7. The molecular weight excluding hydrogens is 501 g/mol. The zero-order chi connectivity index (χ0) is 26.2. The average Bonchev–Trinajstić information content (AvgIpc) is 3.35. The van der Waals surface area contributed by atoms with Gasteiger partial charge in [-0.05, 0) is 67.1 Å². The second kappa shape index (κ2) is 9.63. The molecule has 0 atom stereocenters. The fraction of sp³-hybridized carbons (Fsp3) is 0.0714. The maximum atomic E-state index is 13.1. The number of aromatic nitrogens is 2. The van der Waals surface area contributed by atoms with E-state index >= 15 is 0 Å². The monoisotopic (exact) mass is 520 g/mol. The highest BCUT2D eigenvalue weighted by atomic mass is 35.5. The molecule has 3 N–H and O–H groups in total. The van der Waals surface area contributed by atoms with Crippen molar-refractivity contribution in [1.29, 1.82) is 0 Å². The number of amides is 1. The van der Waals surface area contributed by atoms with Crippen LogP contribution in [0.15, 0.2) is 85.1 Å². The molecule has 0 aliphatic heterocycles. The maximum absolute atomic E-state index is 13.1. The Morgan fingerprint density at radius 3 is 2.54 bits per heavy atom. The number of aromatic amines is 1. The van der Waals surface area contributed by atoms with E-state index in [0.717, 1.165) is 34.3 Å². The number of rotatable bonds is 5. The van der Waals surface area contributed by atoms with E-state index in [4.69, 9.17) is 16.6 Å². The van der Waals surface area contributed by atoms with Gasteiger partial charge in [-0.3, -0.25) is 4.79 Å². The smallest absolute Gasteiger partial charge is 0.355 e. The Bertz CT molecular complexity index is 1630. The Labute approximate surface area is 215 Å². The number of H-pyrrole nitrogens is 1. The van der Waals surface area contributed by atoms with Gasteiger partial charge in [-0.15, -0.1) is 0 Å². The first kappa shape index (κ1) is 24.4. The lowest BCUT2D eigenvalue weighted by atomic mass is 10.1. The van der Waals surface area contributed by atoms with Gasteiger partial charge >= 0.3 is 6.18 Å². The van der Waals surface area contributed by atoms with Gasteiger partial charge in [-0.25, -0.2) is 4.98 Å². The van der Waals surface area contributed by atoms with Gasteiger partial charge in [0.05, 0.1) is 16.9 Å². The molecule has 2 heterocycles. The number of pyridine rings is 1. The molecule has 3 aromatic carbocycles. The second-order valence-electron chi connectivity index (χ2n) is 8.49. The standard InChI is InChI=1S/C28H20ClF3N4O/c1-16-8-9-21(34-27(37)18-5-2-6-19(12-18)28(30,31)32)14-23(16)35-25-15-24(17-4-3-7-20(29)13-17)36-26-22(25)10-11-33-26/h2-15H,1H3,(H,34,37)(H2,33,35,36). The molecule has 37 heavy (non-hydrogen) atoms. The van der Waals surface area contributed by atoms with E-state index < -0.39 is 17.6 Å². The Kier molecular flexibility index (Phi) is 6.35. The molecule has 0 spiro atoms. The molecule has 0 saturated heterocycles. The van der Waals surface area contributed by atoms with Crippen LogP contribution in [-0.2, 0) is 6.18 Å². The third-order valence-corrected chi connectivity index (χ3v) is 6.10. The van der Waals surface area contributed by atoms with Gasteiger partial charge < -0.3 is 15.6 Å². The summed E-state index contributed by atoms with van der Waals surface area (Å²) in [5, 5.41) is 7.56. The molecule has 0 fully saturated rings. The van der Waals surface area contributed by atoms with Crippen LogP contribution in [0.1, 0.15) is 21.5 Å². The molecule has 5 rings (SSSR count). The lowest BCUT2D eigenvalue weighted by molar-refractivity contribution is -0.137. The predicted molar refractivity (Wildman–Crippen MR) is 140 cm³/mol. The number of aryl methyl sites for hydroxylation is 1. The van der Waals surface area contributed by atoms with Crippen LogP contribution in [0.5, 0.6) is 0 Å². The Balaban J connectivity index is 1.45. The van der Waals surface area contributed by atoms with Crippen LogP contribution in [0.2, 0.25) is 5.02 Å². The summed E-state index contributed by atoms with van der Waals surface area (Å²) in [6.07, 6.45) is -2.74. The quantitative estimate of drug-likeness (QED) is 0.219. The second-order valence-corrected chi connectivity index (χ2v) is 8.93. The third-order valence-electron chi connectivity index (χ3n) is 5.87. The number of carbonyl (C=O) groups is 1. The molecule has 9 heteroatoms. The van der Waals surface area contributed by atoms with Crippen LogP contribution < -0.4 is 10.6 Å². The minimum Gasteiger partial charge on any atom is -0.355 e. The minimum absolute atomic E-state index is 0.0840. The zero-order valence-corrected chi connectivity index (χ0v) is 20.2. The number of nitrogens with one attached hydrogen (secondary N) is 3. The predicted octanol–water partition coefficient (Wildman–Crippen LogP) is 8.21. The normalized spacial score (nSPS) is 11.5. The third kappa shape index (κ3) is 5.29. The van der Waals surface area contributed by atoms with Gasteiger partial charge in [-0.1, -0.05) is 35.9 Å². The number of halogens is 4. The Morgan fingerprint density at radius 2 is 1.76 bits per heavy atom. The average molecular weight is 521 g/mol. The minimum atomic E-state index is -4.53. The van der Waals surface area contributed by atoms with E-state index in [1.54, 1.807) is 24.4 Å². The highest BCUT2D eigenvalue weighted by Gasteiger charge is 2.30. The molecule has 5 nitrogen and oxygen atoms in total. The van der Waals surface area contributed by atoms with Gasteiger partial charge in [0.1, 0.15) is 5.65 Å². The van der Waals surface area contributed by atoms with Crippen molar-refractivity contribution in [2.75, 3.05) is 10.6 Å². The molecular formula is C28H20ClF3N4O. The summed E-state index contributed by atoms with van der Waals surface area (Å²) in [7, 11) is 0. The van der Waals surface area contributed by atoms with Crippen molar-refractivity contribution in [2.45, 2.75) is 13.1 Å². The number of anilines is 3. The topological polar surface area (TPSA) is 69.8 Å². The van der Waals surface area contributed by atoms with Crippen LogP contribution in [0.25, 0.3) is 22.3 Å². The first-order chi connectivity index (χ1) is 17.7. The van der Waals surface area contributed by atoms with E-state index in [-0.39, 0.29) is 5.56 Å². The van der Waals surface area contributed by atoms with E-state index in [2.05, 4.69) is 15.6 Å². The number of fused-ring (bicyclic) bond motifs is 1. The van der Waals surface area contributed by atoms with Crippen molar-refractivity contribution in [3.63, 3.8) is 0 Å². The van der Waals surface area contributed by atoms with Crippen molar-refractivity contribution < 1.29 is 18.0 Å². The molecule has 0 radical (unpaired) electrons. The van der Waals surface area contributed by atoms with Crippen molar-refractivity contribution in [3.05, 3.63) is 107 Å². The van der Waals surface area contributed by atoms with Crippen molar-refractivity contribution >= 4 is 45.6 Å². The fourth-order valence-electron chi connectivity index (χ4n) is 3.96. The number of alkyl halides is 3. The highest BCUT2D eigenvalue weighted by Crippen LogP contribution is 2.33. The number of benzene rings is 3. The molecule has 0 bridgehead atoms. The van der Waals surface area contributed by atoms with Gasteiger partial charge in [0.2, 0.25) is 0 Å². The molecule has 186 valence electrons. The van der Waals surface area contributed by atoms with Gasteiger partial charge in [-0.2, -0.15) is 13.2 Å². The lowest BCUT2D eigenvalue weighted by Crippen LogP contribution is -2.14. The summed E-state index contributed by atoms with van der Waals surface area (Å²) >= 11 is 6.17. The number of carbonyl (C=O) groups excluding carboxylic acids is 1. The molecule has 2 aromatic heterocycles. The van der Waals surface area contributed by atoms with E-state index in [9.17, 15) is 18.0 Å². The molecule has 0 saturated carbocycles. The van der Waals surface area contributed by atoms with Gasteiger partial charge in [0.15, 0.2) is 0 Å². The zero-order valence-electron chi connectivity index (χ0n) is 19.5. The van der Waals surface area contributed by atoms with E-state index in [1.165, 1.54) is 12.1 Å². The molecule has 1 amide bonds. The summed E-state index contributed by atoms with van der Waals surface area (Å²) in [6.45, 7) is 1.91. The van der Waals surface area contributed by atoms with Crippen LogP contribution in [-0.4, -0.2) is 15.9 Å². The fourth-order valence-corrected chi connectivity index (χ4v) is 4.15. The largest absolute Gasteiger partial charge is 0.416 e. The van der Waals surface area contributed by atoms with Crippen molar-refractivity contribution in [3.8, 4) is 11.3 Å². The van der Waals surface area contributed by atoms with Gasteiger partial charge in [0.25, 0.3) is 5.91 Å². The van der Waals surface area contributed by atoms with E-state index in [0.29, 0.717) is 27.7 Å². The lowest BCUT2D eigenvalue weighted by Gasteiger charge is -2.15. The van der Waals surface area contributed by atoms with E-state index in [1.807, 2.05) is 43.3 Å². The molecule has 0 aliphatic carbocycles. The SMILES string of the molecule is Cc1ccc(NC(=O)c2cccc(C(F)(F)F)c2)cc1Nc1cc(-c2cccc(Cl)c2)nc2[nH]ccc12.